The molecular weight excluding hydrogens is 160 g/mol. The second kappa shape index (κ2) is 4.35. The van der Waals surface area contributed by atoms with Gasteiger partial charge in [-0.1, -0.05) is 27.7 Å². The van der Waals surface area contributed by atoms with E-state index in [1.54, 1.807) is 0 Å². The average molecular weight is 178 g/mol. The zero-order valence-corrected chi connectivity index (χ0v) is 8.91. The van der Waals surface area contributed by atoms with Gasteiger partial charge in [0.15, 0.2) is 0 Å². The third kappa shape index (κ3) is 2.51. The summed E-state index contributed by atoms with van der Waals surface area (Å²) in [6, 6.07) is 0. The Morgan fingerprint density at radius 3 is 2.31 bits per heavy atom. The third-order valence-corrected chi connectivity index (χ3v) is 2.38. The summed E-state index contributed by atoms with van der Waals surface area (Å²) in [6.07, 6.45) is 4.85. The number of aromatic nitrogens is 2. The highest BCUT2D eigenvalue weighted by Crippen LogP contribution is 2.17. The summed E-state index contributed by atoms with van der Waals surface area (Å²) in [5.41, 5.74) is 2.21. The second-order valence-corrected chi connectivity index (χ2v) is 3.83. The monoisotopic (exact) mass is 178 g/mol. The molecule has 0 saturated heterocycles. The molecular formula is C11H18N2. The number of rotatable bonds is 3. The van der Waals surface area contributed by atoms with Gasteiger partial charge in [0.2, 0.25) is 0 Å². The minimum Gasteiger partial charge on any atom is -0.261 e. The summed E-state index contributed by atoms with van der Waals surface area (Å²) >= 11 is 0. The van der Waals surface area contributed by atoms with E-state index >= 15 is 0 Å². The Morgan fingerprint density at radius 1 is 1.15 bits per heavy atom. The van der Waals surface area contributed by atoms with Gasteiger partial charge in [0.1, 0.15) is 0 Å². The second-order valence-electron chi connectivity index (χ2n) is 3.83. The molecule has 1 unspecified atom stereocenters. The maximum Gasteiger partial charge on any atom is 0.0618 e. The fourth-order valence-electron chi connectivity index (χ4n) is 1.12. The molecule has 0 saturated carbocycles. The van der Waals surface area contributed by atoms with Gasteiger partial charge >= 0.3 is 0 Å². The minimum absolute atomic E-state index is 0.469. The van der Waals surface area contributed by atoms with Crippen LogP contribution < -0.4 is 0 Å². The van der Waals surface area contributed by atoms with E-state index < -0.39 is 0 Å². The molecule has 0 aromatic carbocycles. The Morgan fingerprint density at radius 2 is 1.77 bits per heavy atom. The van der Waals surface area contributed by atoms with Crippen LogP contribution in [0.1, 0.15) is 57.3 Å². The minimum atomic E-state index is 0.469. The molecule has 72 valence electrons. The maximum atomic E-state index is 4.58. The lowest BCUT2D eigenvalue weighted by atomic mass is 10.0. The first-order valence-corrected chi connectivity index (χ1v) is 4.97. The molecule has 0 aliphatic carbocycles. The van der Waals surface area contributed by atoms with Crippen LogP contribution in [-0.2, 0) is 0 Å². The van der Waals surface area contributed by atoms with Crippen molar-refractivity contribution < 1.29 is 0 Å². The highest BCUT2D eigenvalue weighted by molar-refractivity contribution is 5.09. The van der Waals surface area contributed by atoms with Crippen LogP contribution in [0.5, 0.6) is 0 Å². The molecule has 1 aromatic rings. The smallest absolute Gasteiger partial charge is 0.0618 e. The van der Waals surface area contributed by atoms with Gasteiger partial charge in [0.25, 0.3) is 0 Å². The highest BCUT2D eigenvalue weighted by Gasteiger charge is 2.07. The molecule has 1 rings (SSSR count). The first-order valence-electron chi connectivity index (χ1n) is 4.97. The Balaban J connectivity index is 2.91. The molecule has 0 aliphatic heterocycles. The van der Waals surface area contributed by atoms with Gasteiger partial charge in [-0.25, -0.2) is 0 Å². The standard InChI is InChI=1S/C11H18N2/c1-5-9(4)11-7-12-6-10(13-11)8(2)3/h6-9H,5H2,1-4H3. The lowest BCUT2D eigenvalue weighted by Gasteiger charge is -2.10. The van der Waals surface area contributed by atoms with E-state index in [1.165, 1.54) is 0 Å². The van der Waals surface area contributed by atoms with Gasteiger partial charge in [-0.3, -0.25) is 9.97 Å². The van der Waals surface area contributed by atoms with Gasteiger partial charge in [-0.05, 0) is 18.3 Å². The summed E-state index contributed by atoms with van der Waals surface area (Å²) in [6.45, 7) is 8.65. The molecule has 1 aromatic heterocycles. The molecule has 2 nitrogen and oxygen atoms in total. The molecule has 1 atom stereocenters. The van der Waals surface area contributed by atoms with E-state index in [9.17, 15) is 0 Å². The Labute approximate surface area is 80.4 Å². The molecule has 0 amide bonds. The SMILES string of the molecule is CCC(C)c1cncc(C(C)C)n1. The molecule has 0 fully saturated rings. The van der Waals surface area contributed by atoms with E-state index in [-0.39, 0.29) is 0 Å². The van der Waals surface area contributed by atoms with Crippen LogP contribution in [0, 0.1) is 0 Å². The van der Waals surface area contributed by atoms with E-state index in [2.05, 4.69) is 37.7 Å². The average Bonchev–Trinajstić information content (AvgIpc) is 2.17. The van der Waals surface area contributed by atoms with Gasteiger partial charge in [0.05, 0.1) is 11.4 Å². The van der Waals surface area contributed by atoms with Crippen LogP contribution in [0.15, 0.2) is 12.4 Å². The van der Waals surface area contributed by atoms with Crippen LogP contribution in [0.25, 0.3) is 0 Å². The first-order chi connectivity index (χ1) is 6.15. The fourth-order valence-corrected chi connectivity index (χ4v) is 1.12. The summed E-state index contributed by atoms with van der Waals surface area (Å²) in [5.74, 6) is 0.989. The molecule has 0 spiro atoms. The van der Waals surface area contributed by atoms with E-state index in [0.717, 1.165) is 17.8 Å². The number of hydrogen-bond donors (Lipinski definition) is 0. The molecule has 0 aliphatic rings. The fraction of sp³-hybridized carbons (Fsp3) is 0.636. The van der Waals surface area contributed by atoms with Gasteiger partial charge in [-0.2, -0.15) is 0 Å². The summed E-state index contributed by atoms with van der Waals surface area (Å²) in [7, 11) is 0. The molecule has 0 N–H and O–H groups in total. The van der Waals surface area contributed by atoms with Crippen molar-refractivity contribution in [1.29, 1.82) is 0 Å². The molecule has 13 heavy (non-hydrogen) atoms. The van der Waals surface area contributed by atoms with Crippen molar-refractivity contribution in [2.45, 2.75) is 46.0 Å². The lowest BCUT2D eigenvalue weighted by Crippen LogP contribution is -2.01. The molecule has 0 radical (unpaired) electrons. The zero-order valence-electron chi connectivity index (χ0n) is 8.91. The highest BCUT2D eigenvalue weighted by atomic mass is 14.8. The van der Waals surface area contributed by atoms with Crippen LogP contribution in [0.4, 0.5) is 0 Å². The van der Waals surface area contributed by atoms with E-state index in [4.69, 9.17) is 0 Å². The predicted molar refractivity (Wildman–Crippen MR) is 54.8 cm³/mol. The lowest BCUT2D eigenvalue weighted by molar-refractivity contribution is 0.684. The van der Waals surface area contributed by atoms with Crippen molar-refractivity contribution in [3.63, 3.8) is 0 Å². The van der Waals surface area contributed by atoms with Crippen LogP contribution in [0.3, 0.4) is 0 Å². The zero-order chi connectivity index (χ0) is 9.84. The third-order valence-electron chi connectivity index (χ3n) is 2.38. The quantitative estimate of drug-likeness (QED) is 0.710. The van der Waals surface area contributed by atoms with Crippen molar-refractivity contribution in [3.05, 3.63) is 23.8 Å². The van der Waals surface area contributed by atoms with E-state index in [0.29, 0.717) is 11.8 Å². The first kappa shape index (κ1) is 10.2. The van der Waals surface area contributed by atoms with Gasteiger partial charge in [0, 0.05) is 12.4 Å². The van der Waals surface area contributed by atoms with Crippen molar-refractivity contribution in [2.24, 2.45) is 0 Å². The summed E-state index contributed by atoms with van der Waals surface area (Å²) < 4.78 is 0. The molecule has 0 bridgehead atoms. The van der Waals surface area contributed by atoms with Crippen LogP contribution in [-0.4, -0.2) is 9.97 Å². The van der Waals surface area contributed by atoms with Crippen molar-refractivity contribution >= 4 is 0 Å². The summed E-state index contributed by atoms with van der Waals surface area (Å²) in [5, 5.41) is 0. The van der Waals surface area contributed by atoms with Crippen molar-refractivity contribution in [3.8, 4) is 0 Å². The number of nitrogens with zero attached hydrogens (tertiary/aromatic N) is 2. The number of hydrogen-bond acceptors (Lipinski definition) is 2. The van der Waals surface area contributed by atoms with Gasteiger partial charge < -0.3 is 0 Å². The topological polar surface area (TPSA) is 25.8 Å². The van der Waals surface area contributed by atoms with Gasteiger partial charge in [-0.15, -0.1) is 0 Å². The predicted octanol–water partition coefficient (Wildman–Crippen LogP) is 3.11. The van der Waals surface area contributed by atoms with E-state index in [1.807, 2.05) is 12.4 Å². The Bertz CT molecular complexity index is 269. The normalized spacial score (nSPS) is 13.3. The Kier molecular flexibility index (Phi) is 3.40. The maximum absolute atomic E-state index is 4.58. The van der Waals surface area contributed by atoms with Crippen LogP contribution >= 0.6 is 0 Å². The molecule has 1 heterocycles. The Hall–Kier alpha value is -0.920. The van der Waals surface area contributed by atoms with Crippen LogP contribution in [0.2, 0.25) is 0 Å². The largest absolute Gasteiger partial charge is 0.261 e. The van der Waals surface area contributed by atoms with Crippen molar-refractivity contribution in [1.82, 2.24) is 9.97 Å². The van der Waals surface area contributed by atoms with Crippen molar-refractivity contribution in [2.75, 3.05) is 0 Å². The molecule has 2 heteroatoms. The summed E-state index contributed by atoms with van der Waals surface area (Å²) in [4.78, 5) is 8.79.